The first-order valence-electron chi connectivity index (χ1n) is 27.9. The van der Waals surface area contributed by atoms with E-state index >= 15 is 0 Å². The van der Waals surface area contributed by atoms with E-state index in [0.717, 1.165) is 116 Å². The van der Waals surface area contributed by atoms with Crippen molar-refractivity contribution in [2.75, 3.05) is 13.2 Å². The van der Waals surface area contributed by atoms with Crippen LogP contribution >= 0.6 is 0 Å². The Hall–Kier alpha value is -3.84. The van der Waals surface area contributed by atoms with Gasteiger partial charge in [-0.2, -0.15) is 0 Å². The van der Waals surface area contributed by atoms with Crippen molar-refractivity contribution in [2.24, 2.45) is 0 Å². The van der Waals surface area contributed by atoms with Crippen LogP contribution in [-0.4, -0.2) is 89.2 Å². The Morgan fingerprint density at radius 3 is 1.42 bits per heavy atom. The number of carbonyl (C=O) groups is 4. The summed E-state index contributed by atoms with van der Waals surface area (Å²) in [5.74, 6) is -3.18. The molecule has 1 aliphatic rings. The lowest BCUT2D eigenvalue weighted by molar-refractivity contribution is -0.301. The van der Waals surface area contributed by atoms with E-state index < -0.39 is 67.3 Å². The van der Waals surface area contributed by atoms with Crippen molar-refractivity contribution in [3.63, 3.8) is 0 Å². The zero-order valence-electron chi connectivity index (χ0n) is 44.4. The molecule has 6 unspecified atom stereocenters. The van der Waals surface area contributed by atoms with Crippen molar-refractivity contribution in [2.45, 2.75) is 263 Å². The zero-order valence-corrected chi connectivity index (χ0v) is 44.4. The molecule has 1 aliphatic heterocycles. The summed E-state index contributed by atoms with van der Waals surface area (Å²) in [7, 11) is 0. The summed E-state index contributed by atoms with van der Waals surface area (Å²) in [6.45, 7) is 5.77. The molecule has 0 saturated carbocycles. The molecule has 406 valence electrons. The third-order valence-corrected chi connectivity index (χ3v) is 12.2. The number of aliphatic carboxylic acids is 1. The molecule has 12 nitrogen and oxygen atoms in total. The van der Waals surface area contributed by atoms with Gasteiger partial charge in [-0.05, 0) is 103 Å². The lowest BCUT2D eigenvalue weighted by Gasteiger charge is -2.40. The number of allylic oxidation sites excluding steroid dienone is 12. The molecule has 0 aliphatic carbocycles. The number of carbonyl (C=O) groups excluding carboxylic acids is 3. The molecule has 12 heteroatoms. The Bertz CT molecular complexity index is 1510. The van der Waals surface area contributed by atoms with Crippen LogP contribution in [0, 0.1) is 0 Å². The van der Waals surface area contributed by atoms with Crippen LogP contribution in [0.3, 0.4) is 0 Å². The molecule has 6 atom stereocenters. The van der Waals surface area contributed by atoms with E-state index in [1.165, 1.54) is 51.4 Å². The van der Waals surface area contributed by atoms with Gasteiger partial charge in [-0.1, -0.05) is 177 Å². The number of unbranched alkanes of at least 4 members (excludes halogenated alkanes) is 20. The maximum Gasteiger partial charge on any atom is 0.335 e. The topological polar surface area (TPSA) is 175 Å². The molecule has 0 aromatic heterocycles. The molecule has 1 fully saturated rings. The van der Waals surface area contributed by atoms with Crippen LogP contribution in [-0.2, 0) is 42.9 Å². The third kappa shape index (κ3) is 37.6. The first kappa shape index (κ1) is 65.2. The van der Waals surface area contributed by atoms with Gasteiger partial charge < -0.3 is 39.0 Å². The van der Waals surface area contributed by atoms with Crippen molar-refractivity contribution in [3.05, 3.63) is 72.9 Å². The molecule has 0 bridgehead atoms. The van der Waals surface area contributed by atoms with Gasteiger partial charge in [-0.25, -0.2) is 4.79 Å². The summed E-state index contributed by atoms with van der Waals surface area (Å²) in [6, 6.07) is 0. The minimum Gasteiger partial charge on any atom is -0.479 e. The second-order valence-corrected chi connectivity index (χ2v) is 18.8. The van der Waals surface area contributed by atoms with Crippen molar-refractivity contribution < 1.29 is 58.2 Å². The molecule has 1 heterocycles. The van der Waals surface area contributed by atoms with Gasteiger partial charge in [0.15, 0.2) is 24.6 Å². The lowest BCUT2D eigenvalue weighted by Crippen LogP contribution is -2.61. The number of ether oxygens (including phenoxy) is 5. The second-order valence-electron chi connectivity index (χ2n) is 18.8. The predicted octanol–water partition coefficient (Wildman–Crippen LogP) is 13.8. The molecule has 71 heavy (non-hydrogen) atoms. The lowest BCUT2D eigenvalue weighted by atomic mass is 9.98. The van der Waals surface area contributed by atoms with Crippen LogP contribution < -0.4 is 0 Å². The third-order valence-electron chi connectivity index (χ3n) is 12.2. The quantitative estimate of drug-likeness (QED) is 0.0228. The maximum atomic E-state index is 13.1. The van der Waals surface area contributed by atoms with Gasteiger partial charge in [-0.3, -0.25) is 14.4 Å². The molecule has 1 saturated heterocycles. The molecule has 3 N–H and O–H groups in total. The highest BCUT2D eigenvalue weighted by molar-refractivity contribution is 5.74. The number of aliphatic hydroxyl groups excluding tert-OH is 2. The summed E-state index contributed by atoms with van der Waals surface area (Å²) in [6.07, 6.45) is 46.0. The van der Waals surface area contributed by atoms with Gasteiger partial charge in [-0.15, -0.1) is 0 Å². The fourth-order valence-electron chi connectivity index (χ4n) is 7.92. The highest BCUT2D eigenvalue weighted by atomic mass is 16.7. The summed E-state index contributed by atoms with van der Waals surface area (Å²) >= 11 is 0. The Balaban J connectivity index is 2.72. The van der Waals surface area contributed by atoms with Gasteiger partial charge in [0.05, 0.1) is 6.61 Å². The number of esters is 3. The fraction of sp³-hybridized carbons (Fsp3) is 0.729. The number of aliphatic hydroxyl groups is 2. The number of hydrogen-bond donors (Lipinski definition) is 3. The van der Waals surface area contributed by atoms with Crippen molar-refractivity contribution in [3.8, 4) is 0 Å². The summed E-state index contributed by atoms with van der Waals surface area (Å²) in [4.78, 5) is 50.9. The minimum absolute atomic E-state index is 0.0218. The maximum absolute atomic E-state index is 13.1. The Morgan fingerprint density at radius 1 is 0.479 bits per heavy atom. The van der Waals surface area contributed by atoms with Gasteiger partial charge in [0, 0.05) is 19.3 Å². The number of rotatable bonds is 46. The average Bonchev–Trinajstić information content (AvgIpc) is 3.35. The second kappa shape index (κ2) is 47.2. The molecule has 0 spiro atoms. The molecule has 0 radical (unpaired) electrons. The molecule has 0 aromatic rings. The van der Waals surface area contributed by atoms with E-state index in [1.54, 1.807) is 0 Å². The van der Waals surface area contributed by atoms with Crippen molar-refractivity contribution >= 4 is 23.9 Å². The van der Waals surface area contributed by atoms with Crippen LogP contribution in [0.15, 0.2) is 72.9 Å². The van der Waals surface area contributed by atoms with Crippen LogP contribution in [0.5, 0.6) is 0 Å². The largest absolute Gasteiger partial charge is 0.479 e. The number of hydrogen-bond acceptors (Lipinski definition) is 11. The Kier molecular flexibility index (Phi) is 43.3. The Morgan fingerprint density at radius 2 is 0.901 bits per heavy atom. The summed E-state index contributed by atoms with van der Waals surface area (Å²) < 4.78 is 28.3. The van der Waals surface area contributed by atoms with Gasteiger partial charge in [0.25, 0.3) is 0 Å². The van der Waals surface area contributed by atoms with Crippen LogP contribution in [0.1, 0.15) is 226 Å². The van der Waals surface area contributed by atoms with Gasteiger partial charge in [0.2, 0.25) is 0 Å². The molecule has 0 amide bonds. The predicted molar refractivity (Wildman–Crippen MR) is 285 cm³/mol. The van der Waals surface area contributed by atoms with E-state index in [-0.39, 0.29) is 25.9 Å². The van der Waals surface area contributed by atoms with E-state index in [2.05, 4.69) is 93.7 Å². The number of carboxylic acid groups (broad SMARTS) is 1. The van der Waals surface area contributed by atoms with Crippen molar-refractivity contribution in [1.29, 1.82) is 0 Å². The van der Waals surface area contributed by atoms with E-state index in [1.807, 2.05) is 0 Å². The molecule has 1 rings (SSSR count). The van der Waals surface area contributed by atoms with E-state index in [9.17, 15) is 34.5 Å². The standard InChI is InChI=1S/C59H98O12/c1-4-7-10-13-16-19-22-24-25-26-27-29-31-33-36-39-42-45-51(60)67-48-50(69-52(61)46-43-40-37-34-30-21-18-15-12-9-6-3)49-68-59-57(55(64)54(63)56(71-59)58(65)66)70-53(62)47-44-41-38-35-32-28-23-20-17-14-11-8-5-2/h8,11,15-20,24-25,28,32,50,54-57,59,63-64H,4-7,9-10,12-14,21-23,26-27,29-31,33-49H2,1-3H3,(H,65,66)/b11-8-,18-15-,19-16-,20-17-,25-24-,32-28-. The van der Waals surface area contributed by atoms with Crippen LogP contribution in [0.25, 0.3) is 0 Å². The number of carboxylic acids is 1. The Labute approximate surface area is 429 Å². The summed E-state index contributed by atoms with van der Waals surface area (Å²) in [5.41, 5.74) is 0. The highest BCUT2D eigenvalue weighted by Crippen LogP contribution is 2.26. The minimum atomic E-state index is -1.92. The highest BCUT2D eigenvalue weighted by Gasteiger charge is 2.50. The monoisotopic (exact) mass is 999 g/mol. The average molecular weight is 999 g/mol. The first-order chi connectivity index (χ1) is 34.6. The zero-order chi connectivity index (χ0) is 51.8. The van der Waals surface area contributed by atoms with E-state index in [0.29, 0.717) is 19.3 Å². The smallest absolute Gasteiger partial charge is 0.335 e. The van der Waals surface area contributed by atoms with Gasteiger partial charge in [0.1, 0.15) is 18.8 Å². The summed E-state index contributed by atoms with van der Waals surface area (Å²) in [5, 5.41) is 31.4. The normalized spacial score (nSPS) is 19.0. The van der Waals surface area contributed by atoms with Crippen molar-refractivity contribution in [1.82, 2.24) is 0 Å². The SMILES string of the molecule is CC/C=C\C/C=C\C/C=C\CCCCCC(=O)OC1C(OCC(COC(=O)CCCCCCCCC/C=C\C/C=C\CCCCC)OC(=O)CCCCCCC/C=C\CCCC)OC(C(=O)O)C(O)C1O. The van der Waals surface area contributed by atoms with Gasteiger partial charge >= 0.3 is 23.9 Å². The van der Waals surface area contributed by atoms with Crippen LogP contribution in [0.4, 0.5) is 0 Å². The molecular weight excluding hydrogens is 901 g/mol. The fourth-order valence-corrected chi connectivity index (χ4v) is 7.92. The van der Waals surface area contributed by atoms with E-state index in [4.69, 9.17) is 23.7 Å². The molecular formula is C59H98O12. The first-order valence-corrected chi connectivity index (χ1v) is 27.9. The van der Waals surface area contributed by atoms with Crippen LogP contribution in [0.2, 0.25) is 0 Å². The molecule has 0 aromatic carbocycles.